The fourth-order valence-corrected chi connectivity index (χ4v) is 2.06. The lowest BCUT2D eigenvalue weighted by atomic mass is 10.0. The molecule has 0 aromatic heterocycles. The van der Waals surface area contributed by atoms with Crippen LogP contribution in [0.1, 0.15) is 23.2 Å². The van der Waals surface area contributed by atoms with Gasteiger partial charge in [0.05, 0.1) is 11.7 Å². The molecule has 0 unspecified atom stereocenters. The van der Waals surface area contributed by atoms with E-state index >= 15 is 0 Å². The topological polar surface area (TPSA) is 52.3 Å². The fourth-order valence-electron chi connectivity index (χ4n) is 2.06. The second-order valence-corrected chi connectivity index (χ2v) is 4.73. The number of hydrogen-bond donors (Lipinski definition) is 1. The minimum absolute atomic E-state index is 0.225. The highest BCUT2D eigenvalue weighted by Crippen LogP contribution is 2.37. The van der Waals surface area contributed by atoms with Crippen LogP contribution in [0.15, 0.2) is 48.5 Å². The van der Waals surface area contributed by atoms with Gasteiger partial charge in [-0.1, -0.05) is 42.5 Å². The minimum atomic E-state index is -0.451. The van der Waals surface area contributed by atoms with E-state index in [2.05, 4.69) is 0 Å². The van der Waals surface area contributed by atoms with Gasteiger partial charge in [0.2, 0.25) is 0 Å². The van der Waals surface area contributed by atoms with Gasteiger partial charge in [0.15, 0.2) is 0 Å². The van der Waals surface area contributed by atoms with Crippen LogP contribution in [0.4, 0.5) is 0 Å². The number of carbonyl (C=O) groups excluding carboxylic acids is 1. The highest BCUT2D eigenvalue weighted by Gasteiger charge is 2.27. The third-order valence-corrected chi connectivity index (χ3v) is 3.17. The van der Waals surface area contributed by atoms with Crippen molar-refractivity contribution >= 4 is 5.91 Å². The third-order valence-electron chi connectivity index (χ3n) is 3.17. The number of rotatable bonds is 4. The average molecular weight is 253 g/mol. The summed E-state index contributed by atoms with van der Waals surface area (Å²) in [6.07, 6.45) is 2.31. The molecule has 1 fully saturated rings. The first kappa shape index (κ1) is 11.8. The molecular formula is C16H15NO2. The molecule has 3 rings (SSSR count). The molecule has 19 heavy (non-hydrogen) atoms. The smallest absolute Gasteiger partial charge is 0.252 e. The molecule has 1 aliphatic carbocycles. The molecule has 96 valence electrons. The monoisotopic (exact) mass is 253 g/mol. The highest BCUT2D eigenvalue weighted by atomic mass is 16.5. The van der Waals surface area contributed by atoms with Gasteiger partial charge < -0.3 is 10.5 Å². The summed E-state index contributed by atoms with van der Waals surface area (Å²) in [5, 5.41) is 0. The zero-order chi connectivity index (χ0) is 13.2. The standard InChI is InChI=1S/C16H15NO2/c17-16(18)14-8-4-7-13(11-5-2-1-3-6-11)15(14)19-12-9-10-12/h1-8,12H,9-10H2,(H2,17,18). The average Bonchev–Trinajstić information content (AvgIpc) is 3.24. The van der Waals surface area contributed by atoms with Crippen LogP contribution < -0.4 is 10.5 Å². The number of primary amides is 1. The molecule has 2 aromatic carbocycles. The van der Waals surface area contributed by atoms with Crippen LogP contribution >= 0.6 is 0 Å². The van der Waals surface area contributed by atoms with Gasteiger partial charge in [-0.25, -0.2) is 0 Å². The van der Waals surface area contributed by atoms with Crippen molar-refractivity contribution in [2.24, 2.45) is 5.73 Å². The molecule has 3 heteroatoms. The molecule has 0 heterocycles. The Bertz CT molecular complexity index is 603. The SMILES string of the molecule is NC(=O)c1cccc(-c2ccccc2)c1OC1CC1. The van der Waals surface area contributed by atoms with Gasteiger partial charge in [-0.05, 0) is 24.5 Å². The van der Waals surface area contributed by atoms with Crippen LogP contribution in [-0.4, -0.2) is 12.0 Å². The van der Waals surface area contributed by atoms with E-state index < -0.39 is 5.91 Å². The van der Waals surface area contributed by atoms with Crippen LogP contribution in [0.25, 0.3) is 11.1 Å². The molecule has 3 nitrogen and oxygen atoms in total. The molecule has 0 aliphatic heterocycles. The number of amides is 1. The summed E-state index contributed by atoms with van der Waals surface area (Å²) in [6.45, 7) is 0. The normalized spacial score (nSPS) is 14.1. The van der Waals surface area contributed by atoms with Crippen LogP contribution in [0.3, 0.4) is 0 Å². The van der Waals surface area contributed by atoms with Crippen molar-refractivity contribution in [3.05, 3.63) is 54.1 Å². The molecular weight excluding hydrogens is 238 g/mol. The Balaban J connectivity index is 2.12. The molecule has 1 saturated carbocycles. The maximum atomic E-state index is 11.5. The maximum absolute atomic E-state index is 11.5. The van der Waals surface area contributed by atoms with E-state index in [1.165, 1.54) is 0 Å². The molecule has 0 radical (unpaired) electrons. The summed E-state index contributed by atoms with van der Waals surface area (Å²) in [5.41, 5.74) is 7.84. The van der Waals surface area contributed by atoms with Crippen LogP contribution in [0.2, 0.25) is 0 Å². The lowest BCUT2D eigenvalue weighted by Gasteiger charge is -2.14. The lowest BCUT2D eigenvalue weighted by Crippen LogP contribution is -2.14. The number of carbonyl (C=O) groups is 1. The molecule has 0 bridgehead atoms. The first-order valence-corrected chi connectivity index (χ1v) is 6.40. The Morgan fingerprint density at radius 2 is 1.79 bits per heavy atom. The van der Waals surface area contributed by atoms with E-state index in [9.17, 15) is 4.79 Å². The predicted molar refractivity (Wildman–Crippen MR) is 74.0 cm³/mol. The number of para-hydroxylation sites is 1. The summed E-state index contributed by atoms with van der Waals surface area (Å²) in [4.78, 5) is 11.5. The third kappa shape index (κ3) is 2.45. The fraction of sp³-hybridized carbons (Fsp3) is 0.188. The molecule has 1 amide bonds. The predicted octanol–water partition coefficient (Wildman–Crippen LogP) is 2.99. The second kappa shape index (κ2) is 4.76. The van der Waals surface area contributed by atoms with E-state index in [4.69, 9.17) is 10.5 Å². The largest absolute Gasteiger partial charge is 0.489 e. The van der Waals surface area contributed by atoms with Crippen molar-refractivity contribution in [3.8, 4) is 16.9 Å². The van der Waals surface area contributed by atoms with Crippen molar-refractivity contribution in [1.29, 1.82) is 0 Å². The first-order valence-electron chi connectivity index (χ1n) is 6.40. The van der Waals surface area contributed by atoms with Crippen molar-refractivity contribution in [2.45, 2.75) is 18.9 Å². The van der Waals surface area contributed by atoms with Gasteiger partial charge in [0.25, 0.3) is 5.91 Å². The molecule has 1 aliphatic rings. The molecule has 2 N–H and O–H groups in total. The molecule has 0 atom stereocenters. The second-order valence-electron chi connectivity index (χ2n) is 4.73. The van der Waals surface area contributed by atoms with E-state index in [-0.39, 0.29) is 6.10 Å². The highest BCUT2D eigenvalue weighted by molar-refractivity contribution is 5.98. The van der Waals surface area contributed by atoms with Gasteiger partial charge in [-0.3, -0.25) is 4.79 Å². The van der Waals surface area contributed by atoms with Gasteiger partial charge in [-0.15, -0.1) is 0 Å². The summed E-state index contributed by atoms with van der Waals surface area (Å²) in [5.74, 6) is 0.164. The van der Waals surface area contributed by atoms with Crippen LogP contribution in [0.5, 0.6) is 5.75 Å². The summed E-state index contributed by atoms with van der Waals surface area (Å²) in [7, 11) is 0. The maximum Gasteiger partial charge on any atom is 0.252 e. The van der Waals surface area contributed by atoms with Crippen LogP contribution in [0, 0.1) is 0 Å². The van der Waals surface area contributed by atoms with E-state index in [0.717, 1.165) is 24.0 Å². The van der Waals surface area contributed by atoms with E-state index in [0.29, 0.717) is 11.3 Å². The molecule has 0 spiro atoms. The van der Waals surface area contributed by atoms with E-state index in [1.54, 1.807) is 6.07 Å². The van der Waals surface area contributed by atoms with Gasteiger partial charge in [0, 0.05) is 5.56 Å². The van der Waals surface area contributed by atoms with Crippen molar-refractivity contribution in [3.63, 3.8) is 0 Å². The van der Waals surface area contributed by atoms with Gasteiger partial charge >= 0.3 is 0 Å². The van der Waals surface area contributed by atoms with Crippen molar-refractivity contribution < 1.29 is 9.53 Å². The minimum Gasteiger partial charge on any atom is -0.489 e. The quantitative estimate of drug-likeness (QED) is 0.910. The summed E-state index contributed by atoms with van der Waals surface area (Å²) in [6, 6.07) is 15.4. The molecule has 2 aromatic rings. The van der Waals surface area contributed by atoms with Gasteiger partial charge in [-0.2, -0.15) is 0 Å². The summed E-state index contributed by atoms with van der Waals surface area (Å²) < 4.78 is 5.90. The zero-order valence-electron chi connectivity index (χ0n) is 10.5. The number of ether oxygens (including phenoxy) is 1. The van der Waals surface area contributed by atoms with E-state index in [1.807, 2.05) is 42.5 Å². The first-order chi connectivity index (χ1) is 9.25. The Labute approximate surface area is 112 Å². The van der Waals surface area contributed by atoms with Crippen LogP contribution in [-0.2, 0) is 0 Å². The Morgan fingerprint density at radius 1 is 1.05 bits per heavy atom. The Morgan fingerprint density at radius 3 is 2.42 bits per heavy atom. The Hall–Kier alpha value is -2.29. The zero-order valence-corrected chi connectivity index (χ0v) is 10.5. The Kier molecular flexibility index (Phi) is 2.95. The number of benzene rings is 2. The number of hydrogen-bond acceptors (Lipinski definition) is 2. The van der Waals surface area contributed by atoms with Gasteiger partial charge in [0.1, 0.15) is 5.75 Å². The summed E-state index contributed by atoms with van der Waals surface area (Å²) >= 11 is 0. The van der Waals surface area contributed by atoms with Crippen molar-refractivity contribution in [1.82, 2.24) is 0 Å². The number of nitrogens with two attached hydrogens (primary N) is 1. The molecule has 0 saturated heterocycles. The lowest BCUT2D eigenvalue weighted by molar-refractivity contribution is 0.0996. The van der Waals surface area contributed by atoms with Crippen molar-refractivity contribution in [2.75, 3.05) is 0 Å².